The summed E-state index contributed by atoms with van der Waals surface area (Å²) in [6.45, 7) is 5.96. The molecule has 1 atom stereocenters. The fourth-order valence-corrected chi connectivity index (χ4v) is 3.89. The number of carbonyl (C=O) groups is 1. The lowest BCUT2D eigenvalue weighted by atomic mass is 9.79. The molecule has 1 aliphatic rings. The molecule has 1 aromatic rings. The molecule has 22 heavy (non-hydrogen) atoms. The van der Waals surface area contributed by atoms with Gasteiger partial charge in [0.25, 0.3) is 0 Å². The van der Waals surface area contributed by atoms with E-state index in [2.05, 4.69) is 5.32 Å². The van der Waals surface area contributed by atoms with Gasteiger partial charge in [-0.1, -0.05) is 11.6 Å². The Kier molecular flexibility index (Phi) is 5.41. The Balaban J connectivity index is 2.01. The lowest BCUT2D eigenvalue weighted by Crippen LogP contribution is -2.44. The molecule has 124 valence electrons. The zero-order valence-electron chi connectivity index (χ0n) is 13.3. The van der Waals surface area contributed by atoms with E-state index >= 15 is 0 Å². The summed E-state index contributed by atoms with van der Waals surface area (Å²) in [4.78, 5) is 13.0. The number of rotatable bonds is 6. The number of alkyl carbamates (subject to hydrolysis) is 1. The minimum Gasteiger partial charge on any atom is -0.444 e. The number of hydrogen-bond donors (Lipinski definition) is 2. The van der Waals surface area contributed by atoms with Gasteiger partial charge >= 0.3 is 6.09 Å². The molecule has 0 radical (unpaired) electrons. The monoisotopic (exact) mass is 345 g/mol. The van der Waals surface area contributed by atoms with Gasteiger partial charge in [-0.25, -0.2) is 4.79 Å². The molecule has 1 amide bonds. The Morgan fingerprint density at radius 1 is 1.45 bits per heavy atom. The van der Waals surface area contributed by atoms with Crippen molar-refractivity contribution in [3.63, 3.8) is 0 Å². The number of halogens is 1. The number of ether oxygens (including phenoxy) is 1. The molecule has 0 spiro atoms. The summed E-state index contributed by atoms with van der Waals surface area (Å²) in [5, 5.41) is 12.8. The molecule has 1 aliphatic carbocycles. The van der Waals surface area contributed by atoms with Crippen molar-refractivity contribution in [1.29, 1.82) is 0 Å². The standard InChI is InChI=1S/C16H24ClNO3S/c1-15(2,3)21-14(20)18-9-16(10-19,11-4-5-11)8-12-6-7-13(17)22-12/h6-7,11,19H,4-5,8-10H2,1-3H3,(H,18,20). The first-order chi connectivity index (χ1) is 10.2. The van der Waals surface area contributed by atoms with Crippen LogP contribution < -0.4 is 5.32 Å². The Morgan fingerprint density at radius 2 is 2.14 bits per heavy atom. The van der Waals surface area contributed by atoms with E-state index < -0.39 is 11.7 Å². The highest BCUT2D eigenvalue weighted by atomic mass is 35.5. The van der Waals surface area contributed by atoms with Crippen molar-refractivity contribution in [1.82, 2.24) is 5.32 Å². The summed E-state index contributed by atoms with van der Waals surface area (Å²) in [5.41, 5.74) is -0.849. The summed E-state index contributed by atoms with van der Waals surface area (Å²) < 4.78 is 6.03. The molecule has 0 aromatic carbocycles. The van der Waals surface area contributed by atoms with Crippen LogP contribution in [0.1, 0.15) is 38.5 Å². The van der Waals surface area contributed by atoms with Gasteiger partial charge in [0.05, 0.1) is 10.9 Å². The number of aliphatic hydroxyl groups excluding tert-OH is 1. The third kappa shape index (κ3) is 4.86. The Morgan fingerprint density at radius 3 is 2.59 bits per heavy atom. The van der Waals surface area contributed by atoms with Gasteiger partial charge in [0, 0.05) is 16.8 Å². The van der Waals surface area contributed by atoms with Crippen molar-refractivity contribution in [2.45, 2.75) is 45.6 Å². The van der Waals surface area contributed by atoms with E-state index in [4.69, 9.17) is 16.3 Å². The minimum absolute atomic E-state index is 0.0446. The summed E-state index contributed by atoms with van der Waals surface area (Å²) in [6, 6.07) is 3.87. The van der Waals surface area contributed by atoms with Gasteiger partial charge in [0.2, 0.25) is 0 Å². The highest BCUT2D eigenvalue weighted by Crippen LogP contribution is 2.48. The maximum atomic E-state index is 11.9. The zero-order chi connectivity index (χ0) is 16.4. The average Bonchev–Trinajstić information content (AvgIpc) is 3.17. The maximum Gasteiger partial charge on any atom is 0.407 e. The largest absolute Gasteiger partial charge is 0.444 e. The van der Waals surface area contributed by atoms with Crippen LogP contribution in [-0.2, 0) is 11.2 Å². The lowest BCUT2D eigenvalue weighted by Gasteiger charge is -2.32. The van der Waals surface area contributed by atoms with Crippen molar-refractivity contribution >= 4 is 29.0 Å². The first-order valence-corrected chi connectivity index (χ1v) is 8.75. The smallest absolute Gasteiger partial charge is 0.407 e. The van der Waals surface area contributed by atoms with Crippen LogP contribution in [0, 0.1) is 11.3 Å². The molecule has 0 bridgehead atoms. The second-order valence-electron chi connectivity index (χ2n) is 7.03. The van der Waals surface area contributed by atoms with Gasteiger partial charge in [-0.3, -0.25) is 0 Å². The first-order valence-electron chi connectivity index (χ1n) is 7.56. The third-order valence-corrected chi connectivity index (χ3v) is 5.13. The molecule has 2 N–H and O–H groups in total. The molecular formula is C16H24ClNO3S. The van der Waals surface area contributed by atoms with Crippen LogP contribution in [0.2, 0.25) is 4.34 Å². The fraction of sp³-hybridized carbons (Fsp3) is 0.688. The summed E-state index contributed by atoms with van der Waals surface area (Å²) in [6.07, 6.45) is 2.47. The molecule has 4 nitrogen and oxygen atoms in total. The molecule has 0 aliphatic heterocycles. The van der Waals surface area contributed by atoms with Gasteiger partial charge in [-0.2, -0.15) is 0 Å². The molecule has 1 saturated carbocycles. The van der Waals surface area contributed by atoms with Crippen LogP contribution in [-0.4, -0.2) is 30.0 Å². The second kappa shape index (κ2) is 6.77. The Labute approximate surface area is 140 Å². The number of nitrogens with one attached hydrogen (secondary N) is 1. The third-order valence-electron chi connectivity index (χ3n) is 3.90. The highest BCUT2D eigenvalue weighted by Gasteiger charge is 2.45. The van der Waals surface area contributed by atoms with Gasteiger partial charge < -0.3 is 15.2 Å². The van der Waals surface area contributed by atoms with E-state index in [0.717, 1.165) is 28.5 Å². The van der Waals surface area contributed by atoms with Crippen molar-refractivity contribution < 1.29 is 14.6 Å². The zero-order valence-corrected chi connectivity index (χ0v) is 14.9. The summed E-state index contributed by atoms with van der Waals surface area (Å²) >= 11 is 7.52. The second-order valence-corrected chi connectivity index (χ2v) is 8.83. The van der Waals surface area contributed by atoms with Gasteiger partial charge in [0.15, 0.2) is 0 Å². The molecule has 2 rings (SSSR count). The number of thiophene rings is 1. The number of aliphatic hydroxyl groups is 1. The quantitative estimate of drug-likeness (QED) is 0.823. The van der Waals surface area contributed by atoms with Crippen molar-refractivity contribution in [2.24, 2.45) is 11.3 Å². The summed E-state index contributed by atoms with van der Waals surface area (Å²) in [5.74, 6) is 0.438. The number of hydrogen-bond acceptors (Lipinski definition) is 4. The van der Waals surface area contributed by atoms with E-state index in [9.17, 15) is 9.90 Å². The lowest BCUT2D eigenvalue weighted by molar-refractivity contribution is 0.0441. The molecular weight excluding hydrogens is 322 g/mol. The number of carbonyl (C=O) groups excluding carboxylic acids is 1. The van der Waals surface area contributed by atoms with Crippen LogP contribution in [0.3, 0.4) is 0 Å². The normalized spacial score (nSPS) is 17.9. The van der Waals surface area contributed by atoms with E-state index in [1.54, 1.807) is 0 Å². The van der Waals surface area contributed by atoms with Crippen molar-refractivity contribution in [3.05, 3.63) is 21.3 Å². The van der Waals surface area contributed by atoms with E-state index in [-0.39, 0.29) is 12.0 Å². The Bertz CT molecular complexity index is 522. The van der Waals surface area contributed by atoms with Gasteiger partial charge in [-0.15, -0.1) is 11.3 Å². The minimum atomic E-state index is -0.521. The fourth-order valence-electron chi connectivity index (χ4n) is 2.64. The highest BCUT2D eigenvalue weighted by molar-refractivity contribution is 7.16. The predicted molar refractivity (Wildman–Crippen MR) is 89.5 cm³/mol. The SMILES string of the molecule is CC(C)(C)OC(=O)NCC(CO)(Cc1ccc(Cl)s1)C1CC1. The molecule has 1 fully saturated rings. The van der Waals surface area contributed by atoms with Crippen LogP contribution in [0.25, 0.3) is 0 Å². The van der Waals surface area contributed by atoms with E-state index in [0.29, 0.717) is 12.5 Å². The molecule has 1 unspecified atom stereocenters. The molecule has 6 heteroatoms. The van der Waals surface area contributed by atoms with Gasteiger partial charge in [0.1, 0.15) is 5.60 Å². The topological polar surface area (TPSA) is 58.6 Å². The Hall–Kier alpha value is -0.780. The van der Waals surface area contributed by atoms with Gasteiger partial charge in [-0.05, 0) is 58.1 Å². The average molecular weight is 346 g/mol. The molecule has 0 saturated heterocycles. The first kappa shape index (κ1) is 17.6. The van der Waals surface area contributed by atoms with Crippen LogP contribution in [0.5, 0.6) is 0 Å². The molecule has 1 aromatic heterocycles. The van der Waals surface area contributed by atoms with Crippen molar-refractivity contribution in [2.75, 3.05) is 13.2 Å². The van der Waals surface area contributed by atoms with Crippen LogP contribution >= 0.6 is 22.9 Å². The van der Waals surface area contributed by atoms with E-state index in [1.807, 2.05) is 32.9 Å². The predicted octanol–water partition coefficient (Wildman–Crippen LogP) is 3.86. The summed E-state index contributed by atoms with van der Waals surface area (Å²) in [7, 11) is 0. The number of amides is 1. The van der Waals surface area contributed by atoms with Crippen LogP contribution in [0.15, 0.2) is 12.1 Å². The maximum absolute atomic E-state index is 11.9. The molecule has 1 heterocycles. The van der Waals surface area contributed by atoms with Crippen molar-refractivity contribution in [3.8, 4) is 0 Å². The van der Waals surface area contributed by atoms with E-state index in [1.165, 1.54) is 11.3 Å². The van der Waals surface area contributed by atoms with Crippen LogP contribution in [0.4, 0.5) is 4.79 Å².